The Hall–Kier alpha value is -3.19. The van der Waals surface area contributed by atoms with E-state index in [9.17, 15) is 9.59 Å². The number of imidazole rings is 1. The van der Waals surface area contributed by atoms with E-state index in [1.807, 2.05) is 35.2 Å². The molecular formula is C25H31N5O2. The van der Waals surface area contributed by atoms with Crippen LogP contribution in [0.25, 0.3) is 5.65 Å². The van der Waals surface area contributed by atoms with Crippen LogP contribution in [0.1, 0.15) is 28.9 Å². The molecule has 1 N–H and O–H groups in total. The number of amides is 2. The van der Waals surface area contributed by atoms with Crippen LogP contribution >= 0.6 is 0 Å². The van der Waals surface area contributed by atoms with Crippen molar-refractivity contribution in [3.63, 3.8) is 0 Å². The summed E-state index contributed by atoms with van der Waals surface area (Å²) in [6.07, 6.45) is 2.77. The highest BCUT2D eigenvalue weighted by Gasteiger charge is 2.22. The van der Waals surface area contributed by atoms with Gasteiger partial charge in [-0.3, -0.25) is 14.5 Å². The van der Waals surface area contributed by atoms with Gasteiger partial charge in [-0.15, -0.1) is 0 Å². The first-order valence-electron chi connectivity index (χ1n) is 11.2. The van der Waals surface area contributed by atoms with Crippen molar-refractivity contribution in [3.05, 3.63) is 71.2 Å². The highest BCUT2D eigenvalue weighted by molar-refractivity contribution is 5.80. The van der Waals surface area contributed by atoms with E-state index in [0.717, 1.165) is 36.5 Å². The number of nitrogens with one attached hydrogen (secondary N) is 1. The Morgan fingerprint density at radius 2 is 1.78 bits per heavy atom. The van der Waals surface area contributed by atoms with E-state index in [0.29, 0.717) is 32.5 Å². The molecule has 0 saturated carbocycles. The van der Waals surface area contributed by atoms with Crippen LogP contribution < -0.4 is 5.32 Å². The van der Waals surface area contributed by atoms with Gasteiger partial charge in [-0.25, -0.2) is 4.98 Å². The molecule has 1 aliphatic rings. The topological polar surface area (TPSA) is 70.0 Å². The number of benzene rings is 1. The lowest BCUT2D eigenvalue weighted by Crippen LogP contribution is -2.49. The molecule has 3 heterocycles. The fraction of sp³-hybridized carbons (Fsp3) is 0.400. The summed E-state index contributed by atoms with van der Waals surface area (Å²) in [4.78, 5) is 33.6. The van der Waals surface area contributed by atoms with Crippen molar-refractivity contribution in [2.24, 2.45) is 0 Å². The largest absolute Gasteiger partial charge is 0.355 e. The Morgan fingerprint density at radius 1 is 1.03 bits per heavy atom. The van der Waals surface area contributed by atoms with E-state index < -0.39 is 0 Å². The minimum Gasteiger partial charge on any atom is -0.355 e. The zero-order chi connectivity index (χ0) is 22.5. The lowest BCUT2D eigenvalue weighted by atomic mass is 10.1. The highest BCUT2D eigenvalue weighted by atomic mass is 16.2. The van der Waals surface area contributed by atoms with Crippen molar-refractivity contribution in [1.82, 2.24) is 24.5 Å². The molecule has 4 rings (SSSR count). The van der Waals surface area contributed by atoms with Gasteiger partial charge < -0.3 is 14.6 Å². The van der Waals surface area contributed by atoms with Crippen LogP contribution in [0.3, 0.4) is 0 Å². The van der Waals surface area contributed by atoms with E-state index in [2.05, 4.69) is 46.8 Å². The third-order valence-corrected chi connectivity index (χ3v) is 6.05. The molecular weight excluding hydrogens is 402 g/mol. The fourth-order valence-electron chi connectivity index (χ4n) is 4.18. The second kappa shape index (κ2) is 9.96. The van der Waals surface area contributed by atoms with Crippen molar-refractivity contribution in [2.75, 3.05) is 32.7 Å². The van der Waals surface area contributed by atoms with Crippen molar-refractivity contribution < 1.29 is 9.59 Å². The second-order valence-corrected chi connectivity index (χ2v) is 8.50. The number of rotatable bonds is 7. The first-order chi connectivity index (χ1) is 15.5. The number of piperazine rings is 1. The van der Waals surface area contributed by atoms with Gasteiger partial charge >= 0.3 is 0 Å². The lowest BCUT2D eigenvalue weighted by molar-refractivity contribution is -0.133. The molecule has 1 fully saturated rings. The molecule has 1 aliphatic heterocycles. The molecule has 3 aromatic rings. The zero-order valence-electron chi connectivity index (χ0n) is 18.9. The fourth-order valence-corrected chi connectivity index (χ4v) is 4.18. The standard InChI is InChI=1S/C25H31N5O2/c1-19-9-11-30-22(20(2)27-23(30)16-19)18-28-12-14-29(15-13-28)25(32)8-10-26-24(31)17-21-6-4-3-5-7-21/h3-7,9,11,16H,8,10,12-15,17-18H2,1-2H3,(H,26,31). The molecule has 0 unspecified atom stereocenters. The number of hydrogen-bond donors (Lipinski definition) is 1. The van der Waals surface area contributed by atoms with Crippen LogP contribution in [-0.4, -0.2) is 63.7 Å². The third-order valence-electron chi connectivity index (χ3n) is 6.05. The average Bonchev–Trinajstić information content (AvgIpc) is 3.08. The predicted molar refractivity (Wildman–Crippen MR) is 124 cm³/mol. The summed E-state index contributed by atoms with van der Waals surface area (Å²) in [6, 6.07) is 13.8. The van der Waals surface area contributed by atoms with Crippen molar-refractivity contribution in [1.29, 1.82) is 0 Å². The maximum Gasteiger partial charge on any atom is 0.224 e. The maximum atomic E-state index is 12.6. The second-order valence-electron chi connectivity index (χ2n) is 8.50. The van der Waals surface area contributed by atoms with Gasteiger partial charge in [0, 0.05) is 51.9 Å². The molecule has 2 aromatic heterocycles. The van der Waals surface area contributed by atoms with Crippen molar-refractivity contribution >= 4 is 17.5 Å². The Labute approximate surface area is 189 Å². The molecule has 0 atom stereocenters. The van der Waals surface area contributed by atoms with Gasteiger partial charge in [0.25, 0.3) is 0 Å². The number of hydrogen-bond acceptors (Lipinski definition) is 4. The van der Waals surface area contributed by atoms with Crippen LogP contribution in [0.15, 0.2) is 48.7 Å². The SMILES string of the molecule is Cc1ccn2c(CN3CCN(C(=O)CCNC(=O)Cc4ccccc4)CC3)c(C)nc2c1. The monoisotopic (exact) mass is 433 g/mol. The third kappa shape index (κ3) is 5.34. The Bertz CT molecular complexity index is 1080. The van der Waals surface area contributed by atoms with Crippen LogP contribution in [0.5, 0.6) is 0 Å². The molecule has 1 aromatic carbocycles. The molecule has 1 saturated heterocycles. The predicted octanol–water partition coefficient (Wildman–Crippen LogP) is 2.34. The molecule has 168 valence electrons. The van der Waals surface area contributed by atoms with Gasteiger partial charge in [0.2, 0.25) is 11.8 Å². The first kappa shape index (κ1) is 22.0. The molecule has 0 bridgehead atoms. The summed E-state index contributed by atoms with van der Waals surface area (Å²) in [5.74, 6) is 0.0542. The number of aryl methyl sites for hydroxylation is 2. The van der Waals surface area contributed by atoms with E-state index in [1.165, 1.54) is 11.3 Å². The Kier molecular flexibility index (Phi) is 6.85. The van der Waals surface area contributed by atoms with Gasteiger partial charge in [0.15, 0.2) is 0 Å². The van der Waals surface area contributed by atoms with Crippen LogP contribution in [0.4, 0.5) is 0 Å². The van der Waals surface area contributed by atoms with Crippen molar-refractivity contribution in [3.8, 4) is 0 Å². The summed E-state index contributed by atoms with van der Waals surface area (Å²) < 4.78 is 2.16. The minimum atomic E-state index is -0.0487. The van der Waals surface area contributed by atoms with Gasteiger partial charge in [-0.1, -0.05) is 30.3 Å². The average molecular weight is 434 g/mol. The molecule has 7 heteroatoms. The quantitative estimate of drug-likeness (QED) is 0.621. The van der Waals surface area contributed by atoms with Gasteiger partial charge in [0.1, 0.15) is 5.65 Å². The smallest absolute Gasteiger partial charge is 0.224 e. The summed E-state index contributed by atoms with van der Waals surface area (Å²) in [5, 5.41) is 2.86. The first-order valence-corrected chi connectivity index (χ1v) is 11.2. The Morgan fingerprint density at radius 3 is 2.53 bits per heavy atom. The number of nitrogens with zero attached hydrogens (tertiary/aromatic N) is 4. The normalized spacial score (nSPS) is 14.6. The summed E-state index contributed by atoms with van der Waals surface area (Å²) in [7, 11) is 0. The van der Waals surface area contributed by atoms with Gasteiger partial charge in [-0.2, -0.15) is 0 Å². The number of carbonyl (C=O) groups is 2. The molecule has 7 nitrogen and oxygen atoms in total. The van der Waals surface area contributed by atoms with E-state index >= 15 is 0 Å². The molecule has 0 radical (unpaired) electrons. The Balaban J connectivity index is 1.21. The number of carbonyl (C=O) groups excluding carboxylic acids is 2. The highest BCUT2D eigenvalue weighted by Crippen LogP contribution is 2.17. The molecule has 0 aliphatic carbocycles. The van der Waals surface area contributed by atoms with Gasteiger partial charge in [0.05, 0.1) is 17.8 Å². The van der Waals surface area contributed by atoms with Crippen molar-refractivity contribution in [2.45, 2.75) is 33.2 Å². The summed E-state index contributed by atoms with van der Waals surface area (Å²) >= 11 is 0. The van der Waals surface area contributed by atoms with Crippen LogP contribution in [-0.2, 0) is 22.6 Å². The molecule has 0 spiro atoms. The maximum absolute atomic E-state index is 12.6. The van der Waals surface area contributed by atoms with Crippen LogP contribution in [0, 0.1) is 13.8 Å². The van der Waals surface area contributed by atoms with E-state index in [-0.39, 0.29) is 11.8 Å². The van der Waals surface area contributed by atoms with E-state index in [1.54, 1.807) is 0 Å². The summed E-state index contributed by atoms with van der Waals surface area (Å²) in [6.45, 7) is 8.45. The molecule has 32 heavy (non-hydrogen) atoms. The number of pyridine rings is 1. The number of aromatic nitrogens is 2. The van der Waals surface area contributed by atoms with E-state index in [4.69, 9.17) is 4.98 Å². The molecule has 2 amide bonds. The number of fused-ring (bicyclic) bond motifs is 1. The minimum absolute atomic E-state index is 0.0487. The lowest BCUT2D eigenvalue weighted by Gasteiger charge is -2.34. The van der Waals surface area contributed by atoms with Gasteiger partial charge in [-0.05, 0) is 37.1 Å². The zero-order valence-corrected chi connectivity index (χ0v) is 18.9. The van der Waals surface area contributed by atoms with Crippen LogP contribution in [0.2, 0.25) is 0 Å². The summed E-state index contributed by atoms with van der Waals surface area (Å²) in [5.41, 5.74) is 5.43.